The highest BCUT2D eigenvalue weighted by molar-refractivity contribution is 6.08. The number of carbonyl (C=O) groups is 1. The summed E-state index contributed by atoms with van der Waals surface area (Å²) >= 11 is 0. The van der Waals surface area contributed by atoms with E-state index in [-0.39, 0.29) is 5.92 Å². The van der Waals surface area contributed by atoms with Gasteiger partial charge in [0.15, 0.2) is 5.78 Å². The first-order valence-corrected chi connectivity index (χ1v) is 8.03. The second-order valence-corrected chi connectivity index (χ2v) is 6.63. The predicted molar refractivity (Wildman–Crippen MR) is 86.4 cm³/mol. The molecule has 0 unspecified atom stereocenters. The minimum atomic E-state index is 0.188. The number of nitrogens with zero attached hydrogens (tertiary/aromatic N) is 1. The zero-order valence-corrected chi connectivity index (χ0v) is 12.9. The topological polar surface area (TPSA) is 30.0 Å². The van der Waals surface area contributed by atoms with Gasteiger partial charge in [-0.25, -0.2) is 0 Å². The van der Waals surface area contributed by atoms with Crippen LogP contribution in [0.3, 0.4) is 0 Å². The highest BCUT2D eigenvalue weighted by Crippen LogP contribution is 2.35. The number of hydrogen-bond donors (Lipinski definition) is 0. The van der Waals surface area contributed by atoms with Crippen LogP contribution in [-0.4, -0.2) is 10.8 Å². The largest absolute Gasteiger partial charge is 0.294 e. The van der Waals surface area contributed by atoms with Crippen molar-refractivity contribution in [3.05, 3.63) is 42.2 Å². The number of Topliss-reactive ketones (excluding diaryl/α,β-unsaturated/α-hetero) is 1. The van der Waals surface area contributed by atoms with E-state index in [1.165, 1.54) is 12.8 Å². The van der Waals surface area contributed by atoms with Crippen LogP contribution in [0, 0.1) is 17.8 Å². The molecule has 0 bridgehead atoms. The third-order valence-electron chi connectivity index (χ3n) is 5.02. The highest BCUT2D eigenvalue weighted by Gasteiger charge is 2.29. The van der Waals surface area contributed by atoms with Crippen molar-refractivity contribution in [3.8, 4) is 0 Å². The lowest BCUT2D eigenvalue weighted by molar-refractivity contribution is 0.0860. The van der Waals surface area contributed by atoms with E-state index in [1.54, 1.807) is 6.20 Å². The zero-order chi connectivity index (χ0) is 14.8. The summed E-state index contributed by atoms with van der Waals surface area (Å²) in [7, 11) is 0. The van der Waals surface area contributed by atoms with Crippen LogP contribution in [0.2, 0.25) is 0 Å². The Labute approximate surface area is 126 Å². The quantitative estimate of drug-likeness (QED) is 0.750. The number of benzene rings is 1. The number of pyridine rings is 1. The van der Waals surface area contributed by atoms with E-state index in [1.807, 2.05) is 30.5 Å². The summed E-state index contributed by atoms with van der Waals surface area (Å²) in [5.74, 6) is 2.01. The van der Waals surface area contributed by atoms with Crippen molar-refractivity contribution < 1.29 is 4.79 Å². The minimum absolute atomic E-state index is 0.188. The fourth-order valence-electron chi connectivity index (χ4n) is 3.58. The molecule has 1 aromatic heterocycles. The van der Waals surface area contributed by atoms with Gasteiger partial charge in [0.1, 0.15) is 0 Å². The van der Waals surface area contributed by atoms with Crippen molar-refractivity contribution in [2.24, 2.45) is 17.8 Å². The van der Waals surface area contributed by atoms with E-state index < -0.39 is 0 Å². The summed E-state index contributed by atoms with van der Waals surface area (Å²) in [5, 5.41) is 2.10. The Morgan fingerprint density at radius 3 is 2.52 bits per heavy atom. The molecule has 0 atom stereocenters. The molecule has 0 saturated heterocycles. The highest BCUT2D eigenvalue weighted by atomic mass is 16.1. The third-order valence-corrected chi connectivity index (χ3v) is 5.02. The van der Waals surface area contributed by atoms with Crippen LogP contribution in [0.15, 0.2) is 36.7 Å². The molecule has 1 heterocycles. The maximum absolute atomic E-state index is 12.9. The van der Waals surface area contributed by atoms with Gasteiger partial charge in [-0.15, -0.1) is 0 Å². The second-order valence-electron chi connectivity index (χ2n) is 6.63. The number of carbonyl (C=O) groups excluding carboxylic acids is 1. The van der Waals surface area contributed by atoms with E-state index >= 15 is 0 Å². The molecule has 3 rings (SSSR count). The van der Waals surface area contributed by atoms with Crippen LogP contribution in [-0.2, 0) is 0 Å². The van der Waals surface area contributed by atoms with Crippen LogP contribution in [0.1, 0.15) is 49.9 Å². The van der Waals surface area contributed by atoms with Crippen LogP contribution in [0.5, 0.6) is 0 Å². The molecule has 0 N–H and O–H groups in total. The molecular formula is C19H23NO. The van der Waals surface area contributed by atoms with Gasteiger partial charge in [0, 0.05) is 29.3 Å². The summed E-state index contributed by atoms with van der Waals surface area (Å²) in [6, 6.07) is 8.04. The summed E-state index contributed by atoms with van der Waals surface area (Å²) in [6.07, 6.45) is 8.02. The SMILES string of the molecule is CC(C)C1CCC(C(=O)c2cncc3ccccc23)CC1. The van der Waals surface area contributed by atoms with Crippen molar-refractivity contribution in [3.63, 3.8) is 0 Å². The molecule has 1 fully saturated rings. The molecule has 0 amide bonds. The van der Waals surface area contributed by atoms with Crippen molar-refractivity contribution in [2.75, 3.05) is 0 Å². The average molecular weight is 281 g/mol. The van der Waals surface area contributed by atoms with E-state index in [0.717, 1.165) is 41.0 Å². The number of ketones is 1. The Balaban J connectivity index is 1.82. The molecule has 1 aliphatic carbocycles. The fraction of sp³-hybridized carbons (Fsp3) is 0.474. The molecule has 1 aliphatic rings. The number of hydrogen-bond acceptors (Lipinski definition) is 2. The van der Waals surface area contributed by atoms with Gasteiger partial charge in [-0.3, -0.25) is 9.78 Å². The summed E-state index contributed by atoms with van der Waals surface area (Å²) in [6.45, 7) is 4.59. The number of aromatic nitrogens is 1. The second kappa shape index (κ2) is 5.97. The fourth-order valence-corrected chi connectivity index (χ4v) is 3.58. The average Bonchev–Trinajstić information content (AvgIpc) is 2.53. The van der Waals surface area contributed by atoms with E-state index in [2.05, 4.69) is 18.8 Å². The molecule has 0 spiro atoms. The van der Waals surface area contributed by atoms with E-state index in [4.69, 9.17) is 0 Å². The van der Waals surface area contributed by atoms with Crippen molar-refractivity contribution in [2.45, 2.75) is 39.5 Å². The van der Waals surface area contributed by atoms with Crippen molar-refractivity contribution in [1.29, 1.82) is 0 Å². The van der Waals surface area contributed by atoms with Crippen molar-refractivity contribution in [1.82, 2.24) is 4.98 Å². The van der Waals surface area contributed by atoms with Gasteiger partial charge < -0.3 is 0 Å². The van der Waals surface area contributed by atoms with Gasteiger partial charge in [0.25, 0.3) is 0 Å². The molecule has 0 radical (unpaired) electrons. The first-order valence-electron chi connectivity index (χ1n) is 8.03. The maximum Gasteiger partial charge on any atom is 0.168 e. The van der Waals surface area contributed by atoms with Gasteiger partial charge in [-0.05, 0) is 42.9 Å². The molecule has 2 nitrogen and oxygen atoms in total. The minimum Gasteiger partial charge on any atom is -0.294 e. The molecule has 1 saturated carbocycles. The van der Waals surface area contributed by atoms with Crippen LogP contribution < -0.4 is 0 Å². The zero-order valence-electron chi connectivity index (χ0n) is 12.9. The third kappa shape index (κ3) is 2.85. The Kier molecular flexibility index (Phi) is 4.05. The predicted octanol–water partition coefficient (Wildman–Crippen LogP) is 4.88. The summed E-state index contributed by atoms with van der Waals surface area (Å²) in [4.78, 5) is 17.1. The Hall–Kier alpha value is -1.70. The first-order chi connectivity index (χ1) is 10.2. The van der Waals surface area contributed by atoms with Gasteiger partial charge >= 0.3 is 0 Å². The monoisotopic (exact) mass is 281 g/mol. The van der Waals surface area contributed by atoms with Crippen LogP contribution >= 0.6 is 0 Å². The van der Waals surface area contributed by atoms with Crippen LogP contribution in [0.25, 0.3) is 10.8 Å². The Morgan fingerprint density at radius 1 is 1.10 bits per heavy atom. The van der Waals surface area contributed by atoms with E-state index in [0.29, 0.717) is 5.78 Å². The lowest BCUT2D eigenvalue weighted by atomic mass is 9.74. The molecule has 2 heteroatoms. The molecule has 110 valence electrons. The molecule has 0 aliphatic heterocycles. The van der Waals surface area contributed by atoms with E-state index in [9.17, 15) is 4.79 Å². The van der Waals surface area contributed by atoms with Gasteiger partial charge in [0.05, 0.1) is 0 Å². The van der Waals surface area contributed by atoms with Gasteiger partial charge in [-0.1, -0.05) is 38.1 Å². The Bertz CT molecular complexity index is 634. The van der Waals surface area contributed by atoms with Gasteiger partial charge in [0.2, 0.25) is 0 Å². The maximum atomic E-state index is 12.9. The lowest BCUT2D eigenvalue weighted by Crippen LogP contribution is -2.24. The number of rotatable bonds is 3. The van der Waals surface area contributed by atoms with Crippen LogP contribution in [0.4, 0.5) is 0 Å². The Morgan fingerprint density at radius 2 is 1.81 bits per heavy atom. The lowest BCUT2D eigenvalue weighted by Gasteiger charge is -2.30. The normalized spacial score (nSPS) is 22.6. The molecule has 1 aromatic carbocycles. The standard InChI is InChI=1S/C19H23NO/c1-13(2)14-7-9-15(10-8-14)19(21)18-12-20-11-16-5-3-4-6-17(16)18/h3-6,11-15H,7-10H2,1-2H3. The first kappa shape index (κ1) is 14.2. The van der Waals surface area contributed by atoms with Gasteiger partial charge in [-0.2, -0.15) is 0 Å². The summed E-state index contributed by atoms with van der Waals surface area (Å²) < 4.78 is 0. The summed E-state index contributed by atoms with van der Waals surface area (Å²) in [5.41, 5.74) is 0.807. The number of fused-ring (bicyclic) bond motifs is 1. The smallest absolute Gasteiger partial charge is 0.168 e. The van der Waals surface area contributed by atoms with Crippen molar-refractivity contribution >= 4 is 16.6 Å². The molecule has 21 heavy (non-hydrogen) atoms. The molecular weight excluding hydrogens is 258 g/mol. The molecule has 2 aromatic rings.